The molecule has 1 amide bonds. The van der Waals surface area contributed by atoms with Gasteiger partial charge in [-0.2, -0.15) is 0 Å². The van der Waals surface area contributed by atoms with Gasteiger partial charge in [0.1, 0.15) is 5.01 Å². The minimum Gasteiger partial charge on any atom is -0.493 e. The molecule has 0 bridgehead atoms. The summed E-state index contributed by atoms with van der Waals surface area (Å²) in [5.41, 5.74) is 1.49. The first kappa shape index (κ1) is 19.6. The van der Waals surface area contributed by atoms with Crippen molar-refractivity contribution < 1.29 is 14.3 Å². The second-order valence-corrected chi connectivity index (χ2v) is 8.04. The van der Waals surface area contributed by atoms with Crippen LogP contribution in [0.25, 0.3) is 10.2 Å². The third kappa shape index (κ3) is 4.42. The van der Waals surface area contributed by atoms with E-state index in [1.54, 1.807) is 42.5 Å². The van der Waals surface area contributed by atoms with Crippen LogP contribution in [-0.4, -0.2) is 36.6 Å². The van der Waals surface area contributed by atoms with Crippen LogP contribution in [0.1, 0.15) is 28.7 Å². The van der Waals surface area contributed by atoms with Crippen LogP contribution in [-0.2, 0) is 6.54 Å². The molecule has 0 N–H and O–H groups in total. The van der Waals surface area contributed by atoms with Gasteiger partial charge in [-0.25, -0.2) is 4.98 Å². The minimum atomic E-state index is -0.102. The van der Waals surface area contributed by atoms with Gasteiger partial charge in [-0.3, -0.25) is 4.79 Å². The molecule has 0 radical (unpaired) electrons. The Balaban J connectivity index is 1.80. The lowest BCUT2D eigenvalue weighted by Gasteiger charge is -2.18. The van der Waals surface area contributed by atoms with Gasteiger partial charge in [-0.15, -0.1) is 11.3 Å². The van der Waals surface area contributed by atoms with Gasteiger partial charge < -0.3 is 14.4 Å². The summed E-state index contributed by atoms with van der Waals surface area (Å²) in [5, 5.41) is 0.904. The van der Waals surface area contributed by atoms with Gasteiger partial charge in [0.05, 0.1) is 35.0 Å². The molecule has 0 saturated carbocycles. The van der Waals surface area contributed by atoms with Crippen molar-refractivity contribution in [3.05, 3.63) is 51.4 Å². The maximum Gasteiger partial charge on any atom is 0.254 e. The number of hydrogen-bond donors (Lipinski definition) is 0. The predicted octanol–water partition coefficient (Wildman–Crippen LogP) is 5.13. The molecule has 0 spiro atoms. The first-order valence-electron chi connectivity index (χ1n) is 8.63. The highest BCUT2D eigenvalue weighted by Gasteiger charge is 2.19. The number of ether oxygens (including phenoxy) is 2. The fourth-order valence-corrected chi connectivity index (χ4v) is 4.25. The first-order chi connectivity index (χ1) is 13.0. The van der Waals surface area contributed by atoms with E-state index in [2.05, 4.69) is 20.9 Å². The predicted molar refractivity (Wildman–Crippen MR) is 112 cm³/mol. The fraction of sp³-hybridized carbons (Fsp3) is 0.300. The lowest BCUT2D eigenvalue weighted by atomic mass is 10.1. The molecule has 7 heteroatoms. The van der Waals surface area contributed by atoms with Crippen molar-refractivity contribution in [1.29, 1.82) is 0 Å². The number of halogens is 1. The number of thiazole rings is 1. The Bertz CT molecular complexity index is 925. The summed E-state index contributed by atoms with van der Waals surface area (Å²) in [5.74, 6) is 1.05. The zero-order chi connectivity index (χ0) is 19.4. The normalized spacial score (nSPS) is 10.8. The second kappa shape index (κ2) is 8.71. The number of hydrogen-bond acceptors (Lipinski definition) is 5. The molecule has 0 aliphatic carbocycles. The quantitative estimate of drug-likeness (QED) is 0.502. The molecule has 27 heavy (non-hydrogen) atoms. The van der Waals surface area contributed by atoms with Gasteiger partial charge in [-0.05, 0) is 46.6 Å². The number of para-hydroxylation sites is 1. The summed E-state index contributed by atoms with van der Waals surface area (Å²) in [7, 11) is 3.34. The Kier molecular flexibility index (Phi) is 6.34. The smallest absolute Gasteiger partial charge is 0.254 e. The van der Waals surface area contributed by atoms with Crippen LogP contribution in [0, 0.1) is 0 Å². The number of fused-ring (bicyclic) bond motifs is 1. The van der Waals surface area contributed by atoms with Gasteiger partial charge >= 0.3 is 0 Å². The number of carbonyl (C=O) groups excluding carboxylic acids is 1. The van der Waals surface area contributed by atoms with Crippen molar-refractivity contribution in [2.24, 2.45) is 0 Å². The van der Waals surface area contributed by atoms with Crippen LogP contribution >= 0.6 is 27.3 Å². The Hall–Kier alpha value is -2.12. The average molecular weight is 449 g/mol. The zero-order valence-electron chi connectivity index (χ0n) is 15.5. The molecule has 2 aromatic carbocycles. The van der Waals surface area contributed by atoms with Gasteiger partial charge in [0, 0.05) is 12.6 Å². The maximum absolute atomic E-state index is 12.9. The summed E-state index contributed by atoms with van der Waals surface area (Å²) in [6.45, 7) is 3.07. The number of carbonyl (C=O) groups is 1. The van der Waals surface area contributed by atoms with Crippen molar-refractivity contribution in [2.45, 2.75) is 19.9 Å². The van der Waals surface area contributed by atoms with Gasteiger partial charge in [-0.1, -0.05) is 19.1 Å². The van der Waals surface area contributed by atoms with Crippen LogP contribution in [0.2, 0.25) is 0 Å². The maximum atomic E-state index is 12.9. The number of amides is 1. The Morgan fingerprint density at radius 3 is 2.78 bits per heavy atom. The van der Waals surface area contributed by atoms with Gasteiger partial charge in [0.25, 0.3) is 5.91 Å². The summed E-state index contributed by atoms with van der Waals surface area (Å²) in [6, 6.07) is 11.5. The highest BCUT2D eigenvalue weighted by molar-refractivity contribution is 9.10. The van der Waals surface area contributed by atoms with E-state index in [-0.39, 0.29) is 5.91 Å². The van der Waals surface area contributed by atoms with Gasteiger partial charge in [0.15, 0.2) is 11.5 Å². The van der Waals surface area contributed by atoms with E-state index in [1.165, 1.54) is 0 Å². The summed E-state index contributed by atoms with van der Waals surface area (Å²) >= 11 is 5.09. The molecule has 3 rings (SSSR count). The molecular formula is C20H21BrN2O3S. The van der Waals surface area contributed by atoms with Crippen LogP contribution in [0.5, 0.6) is 11.5 Å². The van der Waals surface area contributed by atoms with E-state index < -0.39 is 0 Å². The topological polar surface area (TPSA) is 51.7 Å². The van der Waals surface area contributed by atoms with Crippen LogP contribution in [0.15, 0.2) is 40.9 Å². The summed E-state index contributed by atoms with van der Waals surface area (Å²) in [4.78, 5) is 19.2. The standard InChI is InChI=1S/C20H21BrN2O3S/c1-4-9-26-19-14(21)10-13(11-16(19)25-3)20(24)23(2)12-18-22-15-7-5-6-8-17(15)27-18/h5-8,10-11H,4,9,12H2,1-3H3. The number of aromatic nitrogens is 1. The van der Waals surface area contributed by atoms with E-state index in [9.17, 15) is 4.79 Å². The molecule has 0 unspecified atom stereocenters. The third-order valence-corrected chi connectivity index (χ3v) is 5.59. The molecule has 1 aromatic heterocycles. The van der Waals surface area contributed by atoms with Crippen molar-refractivity contribution in [1.82, 2.24) is 9.88 Å². The van der Waals surface area contributed by atoms with Crippen LogP contribution in [0.4, 0.5) is 0 Å². The molecule has 0 aliphatic rings. The fourth-order valence-electron chi connectivity index (χ4n) is 2.67. The van der Waals surface area contributed by atoms with E-state index in [4.69, 9.17) is 9.47 Å². The number of nitrogens with zero attached hydrogens (tertiary/aromatic N) is 2. The number of benzene rings is 2. The minimum absolute atomic E-state index is 0.102. The van der Waals surface area contributed by atoms with Crippen molar-refractivity contribution in [2.75, 3.05) is 20.8 Å². The number of rotatable bonds is 7. The van der Waals surface area contributed by atoms with Crippen molar-refractivity contribution in [3.8, 4) is 11.5 Å². The van der Waals surface area contributed by atoms with Crippen LogP contribution < -0.4 is 9.47 Å². The summed E-state index contributed by atoms with van der Waals surface area (Å²) < 4.78 is 13.0. The average Bonchev–Trinajstić information content (AvgIpc) is 3.08. The zero-order valence-corrected chi connectivity index (χ0v) is 17.9. The second-order valence-electron chi connectivity index (χ2n) is 6.07. The molecular weight excluding hydrogens is 428 g/mol. The van der Waals surface area contributed by atoms with E-state index in [1.807, 2.05) is 31.2 Å². The molecule has 5 nitrogen and oxygen atoms in total. The van der Waals surface area contributed by atoms with Crippen molar-refractivity contribution >= 4 is 43.4 Å². The molecule has 0 atom stereocenters. The lowest BCUT2D eigenvalue weighted by Crippen LogP contribution is -2.26. The van der Waals surface area contributed by atoms with Crippen LogP contribution in [0.3, 0.4) is 0 Å². The Morgan fingerprint density at radius 1 is 1.30 bits per heavy atom. The van der Waals surface area contributed by atoms with E-state index in [0.29, 0.717) is 34.7 Å². The Labute approximate surface area is 171 Å². The molecule has 0 saturated heterocycles. The highest BCUT2D eigenvalue weighted by Crippen LogP contribution is 2.37. The van der Waals surface area contributed by atoms with E-state index in [0.717, 1.165) is 21.6 Å². The molecule has 0 fully saturated rings. The number of methoxy groups -OCH3 is 1. The first-order valence-corrected chi connectivity index (χ1v) is 10.2. The largest absolute Gasteiger partial charge is 0.493 e. The Morgan fingerprint density at radius 2 is 2.07 bits per heavy atom. The molecule has 142 valence electrons. The monoisotopic (exact) mass is 448 g/mol. The third-order valence-electron chi connectivity index (χ3n) is 3.98. The SMILES string of the molecule is CCCOc1c(Br)cc(C(=O)N(C)Cc2nc3ccccc3s2)cc1OC. The van der Waals surface area contributed by atoms with Gasteiger partial charge in [0.2, 0.25) is 0 Å². The summed E-state index contributed by atoms with van der Waals surface area (Å²) in [6.07, 6.45) is 0.890. The van der Waals surface area contributed by atoms with E-state index >= 15 is 0 Å². The highest BCUT2D eigenvalue weighted by atomic mass is 79.9. The lowest BCUT2D eigenvalue weighted by molar-refractivity contribution is 0.0784. The van der Waals surface area contributed by atoms with Crippen molar-refractivity contribution in [3.63, 3.8) is 0 Å². The molecule has 3 aromatic rings. The molecule has 0 aliphatic heterocycles. The molecule has 1 heterocycles.